The van der Waals surface area contributed by atoms with Gasteiger partial charge in [-0.15, -0.1) is 0 Å². The van der Waals surface area contributed by atoms with Crippen molar-refractivity contribution in [2.45, 2.75) is 32.6 Å². The largest absolute Gasteiger partial charge is 0.356 e. The summed E-state index contributed by atoms with van der Waals surface area (Å²) >= 11 is 9.99. The van der Waals surface area contributed by atoms with Gasteiger partial charge in [0.05, 0.1) is 15.7 Å². The van der Waals surface area contributed by atoms with Crippen LogP contribution in [-0.2, 0) is 22.5 Å². The second kappa shape index (κ2) is 13.4. The molecule has 0 aliphatic heterocycles. The molecule has 7 nitrogen and oxygen atoms in total. The Morgan fingerprint density at radius 3 is 2.28 bits per heavy atom. The van der Waals surface area contributed by atoms with Crippen LogP contribution in [0.15, 0.2) is 42.5 Å². The van der Waals surface area contributed by atoms with Gasteiger partial charge in [-0.25, -0.2) is 4.21 Å². The fraction of sp³-hybridized carbons (Fsp3) is 0.364. The highest BCUT2D eigenvalue weighted by atomic mass is 35.5. The van der Waals surface area contributed by atoms with Gasteiger partial charge in [-0.05, 0) is 61.6 Å². The highest BCUT2D eigenvalue weighted by molar-refractivity contribution is 7.80. The molecule has 0 saturated heterocycles. The van der Waals surface area contributed by atoms with E-state index in [4.69, 9.17) is 23.2 Å². The van der Waals surface area contributed by atoms with Crippen molar-refractivity contribution < 1.29 is 18.4 Å². The van der Waals surface area contributed by atoms with Crippen LogP contribution < -0.4 is 14.9 Å². The van der Waals surface area contributed by atoms with Gasteiger partial charge in [-0.1, -0.05) is 35.3 Å². The quantitative estimate of drug-likeness (QED) is 0.300. The van der Waals surface area contributed by atoms with Crippen LogP contribution in [0.2, 0.25) is 10.0 Å². The molecule has 0 aliphatic rings. The Hall–Kier alpha value is -2.13. The minimum absolute atomic E-state index is 0.0430. The summed E-state index contributed by atoms with van der Waals surface area (Å²) in [6.07, 6.45) is 2.99. The van der Waals surface area contributed by atoms with E-state index in [2.05, 4.69) is 10.6 Å². The number of anilines is 1. The maximum atomic E-state index is 12.3. The Kier molecular flexibility index (Phi) is 11.0. The van der Waals surface area contributed by atoms with Crippen LogP contribution in [0.5, 0.6) is 0 Å². The molecule has 10 heteroatoms. The van der Waals surface area contributed by atoms with Crippen LogP contribution in [0.4, 0.5) is 5.69 Å². The average Bonchev–Trinajstić information content (AvgIpc) is 2.76. The highest BCUT2D eigenvalue weighted by Crippen LogP contribution is 2.26. The molecule has 0 aliphatic carbocycles. The number of benzene rings is 2. The summed E-state index contributed by atoms with van der Waals surface area (Å²) in [6.45, 7) is 2.90. The molecule has 1 atom stereocenters. The fourth-order valence-electron chi connectivity index (χ4n) is 3.04. The number of unbranched alkanes of at least 4 members (excludes halogenated alkanes) is 2. The number of rotatable bonds is 12. The van der Waals surface area contributed by atoms with Crippen LogP contribution >= 0.6 is 23.2 Å². The van der Waals surface area contributed by atoms with E-state index < -0.39 is 11.3 Å². The molecule has 3 N–H and O–H groups in total. The topological polar surface area (TPSA) is 98.7 Å². The molecule has 2 aromatic carbocycles. The van der Waals surface area contributed by atoms with Crippen molar-refractivity contribution in [1.82, 2.24) is 10.6 Å². The Morgan fingerprint density at radius 2 is 1.66 bits per heavy atom. The molecule has 2 rings (SSSR count). The van der Waals surface area contributed by atoms with Gasteiger partial charge in [0, 0.05) is 32.1 Å². The van der Waals surface area contributed by atoms with Crippen molar-refractivity contribution in [3.05, 3.63) is 63.6 Å². The lowest BCUT2D eigenvalue weighted by Gasteiger charge is -2.20. The van der Waals surface area contributed by atoms with Crippen LogP contribution in [0.25, 0.3) is 0 Å². The van der Waals surface area contributed by atoms with Crippen molar-refractivity contribution in [1.29, 1.82) is 0 Å². The predicted molar refractivity (Wildman–Crippen MR) is 130 cm³/mol. The lowest BCUT2D eigenvalue weighted by Crippen LogP contribution is -2.28. The third kappa shape index (κ3) is 8.43. The number of halogens is 2. The molecule has 2 aromatic rings. The number of nitrogens with zero attached hydrogens (tertiary/aromatic N) is 1. The molecule has 1 unspecified atom stereocenters. The monoisotopic (exact) mass is 499 g/mol. The number of carbonyl (C=O) groups excluding carboxylic acids is 2. The Morgan fingerprint density at radius 1 is 1.00 bits per heavy atom. The molecule has 0 bridgehead atoms. The van der Waals surface area contributed by atoms with Crippen molar-refractivity contribution in [2.75, 3.05) is 23.9 Å². The van der Waals surface area contributed by atoms with E-state index in [0.29, 0.717) is 40.8 Å². The first kappa shape index (κ1) is 26.1. The third-order valence-corrected chi connectivity index (χ3v) is 6.36. The van der Waals surface area contributed by atoms with Crippen LogP contribution in [0.1, 0.15) is 42.1 Å². The molecule has 0 radical (unpaired) electrons. The smallest absolute Gasteiger partial charge is 0.261 e. The maximum absolute atomic E-state index is 12.3. The first-order valence-corrected chi connectivity index (χ1v) is 12.1. The number of hydrogen-bond acceptors (Lipinski definition) is 3. The average molecular weight is 500 g/mol. The molecule has 0 spiro atoms. The van der Waals surface area contributed by atoms with Gasteiger partial charge in [-0.2, -0.15) is 0 Å². The number of nitrogens with one attached hydrogen (secondary N) is 2. The number of amides is 2. The summed E-state index contributed by atoms with van der Waals surface area (Å²) in [4.78, 5) is 23.1. The van der Waals surface area contributed by atoms with E-state index in [1.54, 1.807) is 36.4 Å². The highest BCUT2D eigenvalue weighted by Gasteiger charge is 2.15. The minimum Gasteiger partial charge on any atom is -0.356 e. The molecular weight excluding hydrogens is 473 g/mol. The molecular formula is C22H27Cl2N3O4S. The summed E-state index contributed by atoms with van der Waals surface area (Å²) in [7, 11) is 0. The lowest BCUT2D eigenvalue weighted by molar-refractivity contribution is -0.118. The van der Waals surface area contributed by atoms with E-state index >= 15 is 0 Å². The van der Waals surface area contributed by atoms with E-state index in [-0.39, 0.29) is 18.4 Å². The van der Waals surface area contributed by atoms with Gasteiger partial charge in [-0.3, -0.25) is 18.4 Å². The fourth-order valence-corrected chi connectivity index (χ4v) is 4.00. The molecule has 2 amide bonds. The molecule has 0 saturated carbocycles. The lowest BCUT2D eigenvalue weighted by atomic mass is 10.1. The Bertz CT molecular complexity index is 941. The van der Waals surface area contributed by atoms with Crippen LogP contribution in [-0.4, -0.2) is 40.2 Å². The Balaban J connectivity index is 1.86. The molecule has 32 heavy (non-hydrogen) atoms. The zero-order chi connectivity index (χ0) is 23.5. The maximum Gasteiger partial charge on any atom is 0.261 e. The molecule has 0 fully saturated rings. The van der Waals surface area contributed by atoms with E-state index in [1.165, 1.54) is 11.2 Å². The third-order valence-electron chi connectivity index (χ3n) is 4.73. The van der Waals surface area contributed by atoms with Gasteiger partial charge in [0.15, 0.2) is 0 Å². The van der Waals surface area contributed by atoms with Gasteiger partial charge >= 0.3 is 0 Å². The summed E-state index contributed by atoms with van der Waals surface area (Å²) in [6, 6.07) is 11.8. The van der Waals surface area contributed by atoms with Gasteiger partial charge in [0.25, 0.3) is 17.2 Å². The van der Waals surface area contributed by atoms with Crippen molar-refractivity contribution in [2.24, 2.45) is 0 Å². The summed E-state index contributed by atoms with van der Waals surface area (Å²) < 4.78 is 22.9. The Labute approximate surface area is 200 Å². The van der Waals surface area contributed by atoms with Crippen molar-refractivity contribution in [3.63, 3.8) is 0 Å². The van der Waals surface area contributed by atoms with Gasteiger partial charge < -0.3 is 10.6 Å². The molecule has 174 valence electrons. The van der Waals surface area contributed by atoms with E-state index in [1.807, 2.05) is 6.07 Å². The number of carbonyl (C=O) groups is 2. The number of hydrogen-bond donors (Lipinski definition) is 3. The second-order valence-electron chi connectivity index (χ2n) is 7.14. The molecule has 0 aromatic heterocycles. The van der Waals surface area contributed by atoms with Crippen LogP contribution in [0, 0.1) is 0 Å². The zero-order valence-corrected chi connectivity index (χ0v) is 20.1. The van der Waals surface area contributed by atoms with E-state index in [0.717, 1.165) is 24.8 Å². The summed E-state index contributed by atoms with van der Waals surface area (Å²) in [5.74, 6) is -0.251. The minimum atomic E-state index is -2.24. The summed E-state index contributed by atoms with van der Waals surface area (Å²) in [5.41, 5.74) is 1.76. The zero-order valence-electron chi connectivity index (χ0n) is 17.8. The van der Waals surface area contributed by atoms with Crippen LogP contribution in [0.3, 0.4) is 0 Å². The normalized spacial score (nSPS) is 11.6. The van der Waals surface area contributed by atoms with Gasteiger partial charge in [0.1, 0.15) is 0 Å². The first-order chi connectivity index (χ1) is 15.3. The van der Waals surface area contributed by atoms with Crippen molar-refractivity contribution in [3.8, 4) is 0 Å². The SMILES string of the molecule is CC(=O)NCCCCCNC(=O)c1ccc(N(CCc2cccc(Cl)c2Cl)S(=O)O)cc1. The second-order valence-corrected chi connectivity index (χ2v) is 8.83. The predicted octanol–water partition coefficient (Wildman–Crippen LogP) is 4.22. The van der Waals surface area contributed by atoms with Gasteiger partial charge in [0.2, 0.25) is 5.91 Å². The summed E-state index contributed by atoms with van der Waals surface area (Å²) in [5, 5.41) is 6.45. The molecule has 0 heterocycles. The standard InChI is InChI=1S/C22H27Cl2N3O4S/c1-16(28)25-13-3-2-4-14-26-22(29)18-8-10-19(11-9-18)27(32(30)31)15-12-17-6-5-7-20(23)21(17)24/h5-11H,2-4,12-15H2,1H3,(H,25,28)(H,26,29)(H,30,31). The van der Waals surface area contributed by atoms with E-state index in [9.17, 15) is 18.4 Å². The van der Waals surface area contributed by atoms with Crippen molar-refractivity contribution >= 4 is 52.0 Å². The first-order valence-electron chi connectivity index (χ1n) is 10.2.